The molecule has 32 heavy (non-hydrogen) atoms. The number of rotatable bonds is 4. The Bertz CT molecular complexity index is 1190. The number of amides is 1. The van der Waals surface area contributed by atoms with Gasteiger partial charge in [-0.05, 0) is 73.6 Å². The number of anilines is 1. The van der Waals surface area contributed by atoms with Gasteiger partial charge in [-0.15, -0.1) is 5.10 Å². The van der Waals surface area contributed by atoms with Crippen LogP contribution in [0.25, 0.3) is 21.9 Å². The Morgan fingerprint density at radius 3 is 2.69 bits per heavy atom. The zero-order valence-electron chi connectivity index (χ0n) is 17.6. The summed E-state index contributed by atoms with van der Waals surface area (Å²) in [4.78, 5) is 13.8. The third-order valence-electron chi connectivity index (χ3n) is 6.27. The second-order valence-corrected chi connectivity index (χ2v) is 8.64. The Labute approximate surface area is 183 Å². The Hall–Kier alpha value is -3.16. The number of nitrogens with one attached hydrogen (secondary N) is 1. The van der Waals surface area contributed by atoms with Crippen LogP contribution in [0.1, 0.15) is 41.6 Å². The minimum atomic E-state index is -4.31. The second kappa shape index (κ2) is 7.76. The van der Waals surface area contributed by atoms with Crippen LogP contribution in [0.4, 0.5) is 19.0 Å². The summed E-state index contributed by atoms with van der Waals surface area (Å²) in [5, 5.41) is 12.4. The Morgan fingerprint density at radius 2 is 1.94 bits per heavy atom. The normalized spacial score (nSPS) is 18.9. The van der Waals surface area contributed by atoms with Crippen molar-refractivity contribution < 1.29 is 18.0 Å². The van der Waals surface area contributed by atoms with E-state index in [-0.39, 0.29) is 24.2 Å². The summed E-state index contributed by atoms with van der Waals surface area (Å²) in [5.74, 6) is 0.179. The van der Waals surface area contributed by atoms with Crippen molar-refractivity contribution in [1.82, 2.24) is 15.5 Å². The summed E-state index contributed by atoms with van der Waals surface area (Å²) in [6.07, 6.45) is -0.169. The topological polar surface area (TPSA) is 58.1 Å². The summed E-state index contributed by atoms with van der Waals surface area (Å²) in [6, 6.07) is 9.90. The molecule has 1 atom stereocenters. The highest BCUT2D eigenvalue weighted by atomic mass is 19.4. The highest BCUT2D eigenvalue weighted by Gasteiger charge is 2.46. The number of halogens is 3. The molecule has 2 aromatic carbocycles. The van der Waals surface area contributed by atoms with Gasteiger partial charge in [0.25, 0.3) is 5.91 Å². The number of carbonyl (C=O) groups is 1. The van der Waals surface area contributed by atoms with E-state index in [1.807, 2.05) is 37.3 Å². The SMILES string of the molecule is Cc1ccc(C(=O)NC2CC2)cc1-c1ccc2c(N3CCCC3C(F)(F)F)nncc2c1. The van der Waals surface area contributed by atoms with E-state index in [9.17, 15) is 18.0 Å². The largest absolute Gasteiger partial charge is 0.408 e. The molecule has 5 nitrogen and oxygen atoms in total. The van der Waals surface area contributed by atoms with Gasteiger partial charge in [0.2, 0.25) is 0 Å². The first-order valence-electron chi connectivity index (χ1n) is 10.8. The van der Waals surface area contributed by atoms with E-state index in [1.54, 1.807) is 12.3 Å². The van der Waals surface area contributed by atoms with Gasteiger partial charge >= 0.3 is 6.18 Å². The van der Waals surface area contributed by atoms with Crippen molar-refractivity contribution in [2.75, 3.05) is 11.4 Å². The first-order chi connectivity index (χ1) is 15.3. The van der Waals surface area contributed by atoms with E-state index in [0.29, 0.717) is 29.3 Å². The minimum Gasteiger partial charge on any atom is -0.349 e. The molecule has 3 aromatic rings. The Balaban J connectivity index is 1.52. The maximum Gasteiger partial charge on any atom is 0.408 e. The molecule has 1 saturated heterocycles. The van der Waals surface area contributed by atoms with Gasteiger partial charge in [0.1, 0.15) is 6.04 Å². The van der Waals surface area contributed by atoms with Gasteiger partial charge in [-0.2, -0.15) is 18.3 Å². The van der Waals surface area contributed by atoms with Crippen molar-refractivity contribution in [1.29, 1.82) is 0 Å². The van der Waals surface area contributed by atoms with Crippen molar-refractivity contribution in [3.8, 4) is 11.1 Å². The van der Waals surface area contributed by atoms with Crippen LogP contribution in [-0.4, -0.2) is 40.9 Å². The lowest BCUT2D eigenvalue weighted by molar-refractivity contribution is -0.146. The van der Waals surface area contributed by atoms with Crippen LogP contribution in [-0.2, 0) is 0 Å². The average Bonchev–Trinajstić information content (AvgIpc) is 3.43. The predicted octanol–water partition coefficient (Wildman–Crippen LogP) is 5.03. The molecule has 1 amide bonds. The fraction of sp³-hybridized carbons (Fsp3) is 0.375. The summed E-state index contributed by atoms with van der Waals surface area (Å²) in [7, 11) is 0. The van der Waals surface area contributed by atoms with Crippen molar-refractivity contribution in [2.45, 2.75) is 50.9 Å². The summed E-state index contributed by atoms with van der Waals surface area (Å²) in [5.41, 5.74) is 3.38. The number of hydrogen-bond donors (Lipinski definition) is 1. The summed E-state index contributed by atoms with van der Waals surface area (Å²) >= 11 is 0. The second-order valence-electron chi connectivity index (χ2n) is 8.64. The molecular weight excluding hydrogens is 417 g/mol. The first-order valence-corrected chi connectivity index (χ1v) is 10.8. The maximum absolute atomic E-state index is 13.5. The number of carbonyl (C=O) groups excluding carboxylic acids is 1. The van der Waals surface area contributed by atoms with Crippen LogP contribution in [0.2, 0.25) is 0 Å². The number of fused-ring (bicyclic) bond motifs is 1. The van der Waals surface area contributed by atoms with Gasteiger partial charge in [-0.3, -0.25) is 4.79 Å². The zero-order valence-corrected chi connectivity index (χ0v) is 17.6. The third-order valence-corrected chi connectivity index (χ3v) is 6.27. The smallest absolute Gasteiger partial charge is 0.349 e. The number of aryl methyl sites for hydroxylation is 1. The number of alkyl halides is 3. The molecule has 1 unspecified atom stereocenters. The van der Waals surface area contributed by atoms with Crippen LogP contribution < -0.4 is 10.2 Å². The van der Waals surface area contributed by atoms with Gasteiger partial charge in [-0.25, -0.2) is 0 Å². The molecule has 0 radical (unpaired) electrons. The van der Waals surface area contributed by atoms with E-state index >= 15 is 0 Å². The molecular formula is C24H23F3N4O. The lowest BCUT2D eigenvalue weighted by atomic mass is 9.96. The standard InChI is InChI=1S/C24H23F3N4O/c1-14-4-5-16(23(32)29-18-7-8-18)12-20(14)15-6-9-19-17(11-15)13-28-30-22(19)31-10-2-3-21(31)24(25,26)27/h4-6,9,11-13,18,21H,2-3,7-8,10H2,1H3,(H,29,32). The molecule has 2 aliphatic rings. The molecule has 0 spiro atoms. The average molecular weight is 440 g/mol. The Morgan fingerprint density at radius 1 is 1.12 bits per heavy atom. The van der Waals surface area contributed by atoms with Crippen LogP contribution in [0, 0.1) is 6.92 Å². The molecule has 1 saturated carbocycles. The van der Waals surface area contributed by atoms with Crippen molar-refractivity contribution in [2.24, 2.45) is 0 Å². The van der Waals surface area contributed by atoms with E-state index in [4.69, 9.17) is 0 Å². The molecule has 1 aliphatic heterocycles. The van der Waals surface area contributed by atoms with E-state index in [1.165, 1.54) is 4.90 Å². The van der Waals surface area contributed by atoms with Gasteiger partial charge < -0.3 is 10.2 Å². The zero-order chi connectivity index (χ0) is 22.5. The van der Waals surface area contributed by atoms with Crippen molar-refractivity contribution in [3.05, 3.63) is 53.7 Å². The van der Waals surface area contributed by atoms with Gasteiger partial charge in [0.15, 0.2) is 5.82 Å². The van der Waals surface area contributed by atoms with E-state index in [2.05, 4.69) is 15.5 Å². The van der Waals surface area contributed by atoms with Gasteiger partial charge in [0, 0.05) is 28.9 Å². The molecule has 1 aromatic heterocycles. The lowest BCUT2D eigenvalue weighted by Crippen LogP contribution is -2.41. The van der Waals surface area contributed by atoms with Crippen molar-refractivity contribution >= 4 is 22.5 Å². The summed E-state index contributed by atoms with van der Waals surface area (Å²) in [6.45, 7) is 2.27. The number of hydrogen-bond acceptors (Lipinski definition) is 4. The van der Waals surface area contributed by atoms with E-state index < -0.39 is 12.2 Å². The predicted molar refractivity (Wildman–Crippen MR) is 117 cm³/mol. The quantitative estimate of drug-likeness (QED) is 0.618. The third kappa shape index (κ3) is 3.89. The molecule has 0 bridgehead atoms. The number of nitrogens with zero attached hydrogens (tertiary/aromatic N) is 3. The molecule has 8 heteroatoms. The molecule has 2 heterocycles. The van der Waals surface area contributed by atoms with Crippen LogP contribution in [0.15, 0.2) is 42.6 Å². The molecule has 1 aliphatic carbocycles. The number of benzene rings is 2. The van der Waals surface area contributed by atoms with Crippen LogP contribution >= 0.6 is 0 Å². The fourth-order valence-electron chi connectivity index (χ4n) is 4.38. The monoisotopic (exact) mass is 440 g/mol. The molecule has 166 valence electrons. The van der Waals surface area contributed by atoms with Crippen LogP contribution in [0.3, 0.4) is 0 Å². The minimum absolute atomic E-state index is 0.0640. The van der Waals surface area contributed by atoms with E-state index in [0.717, 1.165) is 29.5 Å². The van der Waals surface area contributed by atoms with Crippen LogP contribution in [0.5, 0.6) is 0 Å². The number of aromatic nitrogens is 2. The molecule has 2 fully saturated rings. The summed E-state index contributed by atoms with van der Waals surface area (Å²) < 4.78 is 40.5. The fourth-order valence-corrected chi connectivity index (χ4v) is 4.38. The molecule has 1 N–H and O–H groups in total. The van der Waals surface area contributed by atoms with Gasteiger partial charge in [-0.1, -0.05) is 12.1 Å². The Kier molecular flexibility index (Phi) is 5.03. The highest BCUT2D eigenvalue weighted by molar-refractivity contribution is 5.98. The van der Waals surface area contributed by atoms with Crippen molar-refractivity contribution in [3.63, 3.8) is 0 Å². The highest BCUT2D eigenvalue weighted by Crippen LogP contribution is 2.38. The lowest BCUT2D eigenvalue weighted by Gasteiger charge is -2.28. The maximum atomic E-state index is 13.5. The van der Waals surface area contributed by atoms with Gasteiger partial charge in [0.05, 0.1) is 6.20 Å². The molecule has 5 rings (SSSR count). The first kappa shape index (κ1) is 20.7.